The second-order valence-corrected chi connectivity index (χ2v) is 5.31. The Morgan fingerprint density at radius 1 is 1.05 bits per heavy atom. The van der Waals surface area contributed by atoms with Crippen LogP contribution < -0.4 is 10.1 Å². The lowest BCUT2D eigenvalue weighted by atomic mass is 10.1. The number of hydrogen-bond donors (Lipinski definition) is 1. The highest BCUT2D eigenvalue weighted by Crippen LogP contribution is 2.27. The van der Waals surface area contributed by atoms with Gasteiger partial charge in [0.2, 0.25) is 0 Å². The van der Waals surface area contributed by atoms with Crippen LogP contribution in [0.1, 0.15) is 32.2 Å². The predicted molar refractivity (Wildman–Crippen MR) is 86.9 cm³/mol. The van der Waals surface area contributed by atoms with E-state index >= 15 is 0 Å². The molecule has 2 rings (SSSR count). The predicted octanol–water partition coefficient (Wildman–Crippen LogP) is 3.98. The van der Waals surface area contributed by atoms with Crippen molar-refractivity contribution in [2.45, 2.75) is 40.7 Å². The fourth-order valence-corrected chi connectivity index (χ4v) is 2.06. The Balaban J connectivity index is 2.38. The summed E-state index contributed by atoms with van der Waals surface area (Å²) in [5, 5.41) is 3.28. The van der Waals surface area contributed by atoms with Crippen LogP contribution in [-0.2, 0) is 0 Å². The van der Waals surface area contributed by atoms with E-state index in [0.29, 0.717) is 0 Å². The lowest BCUT2D eigenvalue weighted by Gasteiger charge is -2.13. The molecule has 1 aromatic carbocycles. The van der Waals surface area contributed by atoms with Crippen molar-refractivity contribution in [1.29, 1.82) is 0 Å². The molecule has 1 aromatic heterocycles. The Hall–Kier alpha value is -2.10. The molecule has 4 nitrogen and oxygen atoms in total. The zero-order valence-corrected chi connectivity index (χ0v) is 13.4. The van der Waals surface area contributed by atoms with Crippen LogP contribution in [0.5, 0.6) is 5.75 Å². The van der Waals surface area contributed by atoms with Crippen molar-refractivity contribution in [3.8, 4) is 17.0 Å². The van der Waals surface area contributed by atoms with Crippen molar-refractivity contribution in [1.82, 2.24) is 9.97 Å². The monoisotopic (exact) mass is 285 g/mol. The molecule has 0 unspecified atom stereocenters. The molecule has 0 aliphatic heterocycles. The van der Waals surface area contributed by atoms with Gasteiger partial charge < -0.3 is 10.1 Å². The summed E-state index contributed by atoms with van der Waals surface area (Å²) >= 11 is 0. The number of nitrogens with zero attached hydrogens (tertiary/aromatic N) is 2. The van der Waals surface area contributed by atoms with Crippen molar-refractivity contribution in [3.63, 3.8) is 0 Å². The van der Waals surface area contributed by atoms with Gasteiger partial charge in [-0.25, -0.2) is 9.97 Å². The van der Waals surface area contributed by atoms with Crippen LogP contribution in [0.25, 0.3) is 11.3 Å². The van der Waals surface area contributed by atoms with E-state index in [1.165, 1.54) is 0 Å². The fraction of sp³-hybridized carbons (Fsp3) is 0.412. The summed E-state index contributed by atoms with van der Waals surface area (Å²) in [6.07, 6.45) is 0.176. The van der Waals surface area contributed by atoms with Crippen LogP contribution in [0.2, 0.25) is 0 Å². The summed E-state index contributed by atoms with van der Waals surface area (Å²) in [7, 11) is 0. The molecule has 0 saturated carbocycles. The third-order valence-corrected chi connectivity index (χ3v) is 3.15. The Bertz CT molecular complexity index is 606. The molecule has 0 fully saturated rings. The Morgan fingerprint density at radius 3 is 2.24 bits per heavy atom. The van der Waals surface area contributed by atoms with Gasteiger partial charge in [0.05, 0.1) is 17.5 Å². The smallest absolute Gasteiger partial charge is 0.152 e. The SMILES string of the molecule is CCNc1nc(C)c(C)nc1-c1ccc(OC(C)C)cc1. The van der Waals surface area contributed by atoms with Gasteiger partial charge in [0.1, 0.15) is 11.4 Å². The van der Waals surface area contributed by atoms with E-state index in [1.54, 1.807) is 0 Å². The van der Waals surface area contributed by atoms with E-state index in [9.17, 15) is 0 Å². The van der Waals surface area contributed by atoms with Gasteiger partial charge in [-0.2, -0.15) is 0 Å². The van der Waals surface area contributed by atoms with Gasteiger partial charge in [-0.1, -0.05) is 0 Å². The number of benzene rings is 1. The first-order valence-corrected chi connectivity index (χ1v) is 7.37. The van der Waals surface area contributed by atoms with Crippen LogP contribution in [0.3, 0.4) is 0 Å². The van der Waals surface area contributed by atoms with Crippen LogP contribution in [0, 0.1) is 13.8 Å². The molecule has 0 radical (unpaired) electrons. The van der Waals surface area contributed by atoms with Crippen LogP contribution in [0.4, 0.5) is 5.82 Å². The molecule has 0 atom stereocenters. The molecule has 1 heterocycles. The van der Waals surface area contributed by atoms with Crippen molar-refractivity contribution >= 4 is 5.82 Å². The Morgan fingerprint density at radius 2 is 1.67 bits per heavy atom. The first kappa shape index (κ1) is 15.3. The van der Waals surface area contributed by atoms with Gasteiger partial charge in [-0.15, -0.1) is 0 Å². The molecule has 0 aliphatic rings. The van der Waals surface area contributed by atoms with Gasteiger partial charge in [0.15, 0.2) is 5.82 Å². The quantitative estimate of drug-likeness (QED) is 0.902. The standard InChI is InChI=1S/C17H23N3O/c1-6-18-17-16(19-12(4)13(5)20-17)14-7-9-15(10-8-14)21-11(2)3/h7-11H,6H2,1-5H3,(H,18,20). The average molecular weight is 285 g/mol. The summed E-state index contributed by atoms with van der Waals surface area (Å²) in [6, 6.07) is 8.00. The van der Waals surface area contributed by atoms with E-state index in [-0.39, 0.29) is 6.10 Å². The van der Waals surface area contributed by atoms with Crippen LogP contribution in [-0.4, -0.2) is 22.6 Å². The molecule has 0 saturated heterocycles. The van der Waals surface area contributed by atoms with Crippen molar-refractivity contribution in [2.24, 2.45) is 0 Å². The molecular formula is C17H23N3O. The lowest BCUT2D eigenvalue weighted by molar-refractivity contribution is 0.242. The topological polar surface area (TPSA) is 47.0 Å². The van der Waals surface area contributed by atoms with Gasteiger partial charge >= 0.3 is 0 Å². The minimum absolute atomic E-state index is 0.176. The van der Waals surface area contributed by atoms with Gasteiger partial charge in [-0.05, 0) is 58.9 Å². The molecular weight excluding hydrogens is 262 g/mol. The van der Waals surface area contributed by atoms with E-state index in [0.717, 1.165) is 40.8 Å². The molecule has 0 aliphatic carbocycles. The van der Waals surface area contributed by atoms with Crippen LogP contribution >= 0.6 is 0 Å². The third kappa shape index (κ3) is 3.72. The number of ether oxygens (including phenoxy) is 1. The zero-order chi connectivity index (χ0) is 15.4. The maximum Gasteiger partial charge on any atom is 0.152 e. The molecule has 112 valence electrons. The summed E-state index contributed by atoms with van der Waals surface area (Å²) in [6.45, 7) is 10.9. The first-order chi connectivity index (χ1) is 10.0. The number of rotatable bonds is 5. The van der Waals surface area contributed by atoms with E-state index < -0.39 is 0 Å². The third-order valence-electron chi connectivity index (χ3n) is 3.15. The highest BCUT2D eigenvalue weighted by molar-refractivity contribution is 5.72. The van der Waals surface area contributed by atoms with Crippen molar-refractivity contribution in [2.75, 3.05) is 11.9 Å². The number of hydrogen-bond acceptors (Lipinski definition) is 4. The molecule has 21 heavy (non-hydrogen) atoms. The summed E-state index contributed by atoms with van der Waals surface area (Å²) in [4.78, 5) is 9.29. The summed E-state index contributed by atoms with van der Waals surface area (Å²) < 4.78 is 5.67. The Kier molecular flexibility index (Phi) is 4.78. The van der Waals surface area contributed by atoms with E-state index in [1.807, 2.05) is 52.0 Å². The minimum atomic E-state index is 0.176. The number of nitrogens with one attached hydrogen (secondary N) is 1. The fourth-order valence-electron chi connectivity index (χ4n) is 2.06. The second kappa shape index (κ2) is 6.57. The van der Waals surface area contributed by atoms with E-state index in [4.69, 9.17) is 4.74 Å². The van der Waals surface area contributed by atoms with Gasteiger partial charge in [-0.3, -0.25) is 0 Å². The molecule has 1 N–H and O–H groups in total. The van der Waals surface area contributed by atoms with Gasteiger partial charge in [0.25, 0.3) is 0 Å². The summed E-state index contributed by atoms with van der Waals surface area (Å²) in [5.74, 6) is 1.70. The molecule has 0 bridgehead atoms. The second-order valence-electron chi connectivity index (χ2n) is 5.31. The minimum Gasteiger partial charge on any atom is -0.491 e. The maximum atomic E-state index is 5.67. The van der Waals surface area contributed by atoms with E-state index in [2.05, 4.69) is 22.2 Å². The normalized spacial score (nSPS) is 10.8. The van der Waals surface area contributed by atoms with Crippen molar-refractivity contribution in [3.05, 3.63) is 35.7 Å². The molecule has 2 aromatic rings. The largest absolute Gasteiger partial charge is 0.491 e. The maximum absolute atomic E-state index is 5.67. The molecule has 0 spiro atoms. The molecule has 0 amide bonds. The number of aryl methyl sites for hydroxylation is 2. The Labute approximate surface area is 126 Å². The number of anilines is 1. The average Bonchev–Trinajstić information content (AvgIpc) is 2.43. The highest BCUT2D eigenvalue weighted by Gasteiger charge is 2.11. The first-order valence-electron chi connectivity index (χ1n) is 7.37. The van der Waals surface area contributed by atoms with Crippen molar-refractivity contribution < 1.29 is 4.74 Å². The molecule has 4 heteroatoms. The zero-order valence-electron chi connectivity index (χ0n) is 13.4. The highest BCUT2D eigenvalue weighted by atomic mass is 16.5. The lowest BCUT2D eigenvalue weighted by Crippen LogP contribution is -2.07. The van der Waals surface area contributed by atoms with Gasteiger partial charge in [0, 0.05) is 12.1 Å². The number of aromatic nitrogens is 2. The van der Waals surface area contributed by atoms with Crippen LogP contribution in [0.15, 0.2) is 24.3 Å². The summed E-state index contributed by atoms with van der Waals surface area (Å²) in [5.41, 5.74) is 3.83.